The number of nitrogens with zero attached hydrogens (tertiary/aromatic N) is 1. The molecule has 0 unspecified atom stereocenters. The van der Waals surface area contributed by atoms with Gasteiger partial charge in [-0.2, -0.15) is 0 Å². The molecule has 1 aliphatic heterocycles. The van der Waals surface area contributed by atoms with Crippen molar-refractivity contribution in [1.29, 1.82) is 0 Å². The highest BCUT2D eigenvalue weighted by Crippen LogP contribution is 2.44. The summed E-state index contributed by atoms with van der Waals surface area (Å²) in [6.45, 7) is 3.22. The number of benzene rings is 2. The molecule has 0 amide bonds. The zero-order chi connectivity index (χ0) is 21.4. The number of hydrogen-bond donors (Lipinski definition) is 2. The van der Waals surface area contributed by atoms with E-state index in [0.29, 0.717) is 5.15 Å². The van der Waals surface area contributed by atoms with Gasteiger partial charge in [-0.1, -0.05) is 60.4 Å². The first-order valence-electron chi connectivity index (χ1n) is 10.6. The number of unbranched alkanes of at least 4 members (excludes halogenated alkanes) is 1. The van der Waals surface area contributed by atoms with Crippen LogP contribution >= 0.6 is 35.0 Å². The molecular weight excluding hydrogens is 445 g/mol. The molecule has 2 aliphatic rings. The molecule has 0 bridgehead atoms. The van der Waals surface area contributed by atoms with Crippen molar-refractivity contribution in [2.45, 2.75) is 42.4 Å². The van der Waals surface area contributed by atoms with E-state index in [1.165, 1.54) is 42.5 Å². The second kappa shape index (κ2) is 8.78. The Morgan fingerprint density at radius 2 is 1.94 bits per heavy atom. The molecule has 31 heavy (non-hydrogen) atoms. The second-order valence-corrected chi connectivity index (χ2v) is 9.79. The highest BCUT2D eigenvalue weighted by molar-refractivity contribution is 7.99. The smallest absolute Gasteiger partial charge is 0.106 e. The van der Waals surface area contributed by atoms with Gasteiger partial charge in [0.25, 0.3) is 0 Å². The highest BCUT2D eigenvalue weighted by atomic mass is 35.5. The molecule has 0 atom stereocenters. The van der Waals surface area contributed by atoms with Crippen LogP contribution in [-0.4, -0.2) is 17.2 Å². The lowest BCUT2D eigenvalue weighted by Gasteiger charge is -2.13. The Bertz CT molecular complexity index is 1200. The van der Waals surface area contributed by atoms with Crippen molar-refractivity contribution in [3.8, 4) is 0 Å². The van der Waals surface area contributed by atoms with Gasteiger partial charge in [0.2, 0.25) is 0 Å². The molecule has 2 N–H and O–H groups in total. The third-order valence-corrected chi connectivity index (χ3v) is 7.07. The molecule has 3 nitrogen and oxygen atoms in total. The van der Waals surface area contributed by atoms with E-state index in [-0.39, 0.29) is 0 Å². The number of nitrogens with one attached hydrogen (secondary N) is 2. The van der Waals surface area contributed by atoms with Crippen LogP contribution in [0.15, 0.2) is 68.9 Å². The van der Waals surface area contributed by atoms with Crippen molar-refractivity contribution in [3.05, 3.63) is 81.1 Å². The molecular formula is C25H23Cl2N3S. The summed E-state index contributed by atoms with van der Waals surface area (Å²) < 4.78 is 0. The van der Waals surface area contributed by atoms with E-state index in [2.05, 4.69) is 35.4 Å². The molecule has 5 rings (SSSR count). The molecule has 2 aromatic carbocycles. The number of aromatic amines is 1. The molecule has 0 spiro atoms. The van der Waals surface area contributed by atoms with Gasteiger partial charge in [0, 0.05) is 32.6 Å². The molecule has 6 heteroatoms. The predicted molar refractivity (Wildman–Crippen MR) is 132 cm³/mol. The number of halogens is 2. The van der Waals surface area contributed by atoms with E-state index < -0.39 is 0 Å². The molecule has 2 heterocycles. The van der Waals surface area contributed by atoms with Gasteiger partial charge in [-0.05, 0) is 66.8 Å². The Morgan fingerprint density at radius 3 is 2.68 bits per heavy atom. The Kier molecular flexibility index (Phi) is 5.87. The van der Waals surface area contributed by atoms with Gasteiger partial charge in [0.1, 0.15) is 5.15 Å². The number of aromatic nitrogens is 1. The average molecular weight is 468 g/mol. The van der Waals surface area contributed by atoms with Crippen LogP contribution in [0.25, 0.3) is 5.70 Å². The van der Waals surface area contributed by atoms with Crippen LogP contribution in [0.2, 0.25) is 10.2 Å². The van der Waals surface area contributed by atoms with Crippen LogP contribution in [0.1, 0.15) is 49.4 Å². The topological polar surface area (TPSA) is 40.2 Å². The lowest BCUT2D eigenvalue weighted by atomic mass is 10.1. The normalized spacial score (nSPS) is 14.4. The lowest BCUT2D eigenvalue weighted by Crippen LogP contribution is -2.13. The third-order valence-electron chi connectivity index (χ3n) is 5.49. The predicted octanol–water partition coefficient (Wildman–Crippen LogP) is 7.85. The Morgan fingerprint density at radius 1 is 1.06 bits per heavy atom. The first-order valence-corrected chi connectivity index (χ1v) is 12.2. The first kappa shape index (κ1) is 20.7. The molecule has 0 radical (unpaired) electrons. The summed E-state index contributed by atoms with van der Waals surface area (Å²) in [5, 5.41) is 4.99. The van der Waals surface area contributed by atoms with Crippen LogP contribution < -0.4 is 5.32 Å². The lowest BCUT2D eigenvalue weighted by molar-refractivity contribution is 0.743. The van der Waals surface area contributed by atoms with Crippen LogP contribution in [0.4, 0.5) is 5.69 Å². The van der Waals surface area contributed by atoms with Crippen molar-refractivity contribution >= 4 is 52.1 Å². The van der Waals surface area contributed by atoms with Gasteiger partial charge in [0.05, 0.1) is 17.1 Å². The Balaban J connectivity index is 1.61. The van der Waals surface area contributed by atoms with E-state index in [1.807, 2.05) is 30.3 Å². The standard InChI is InChI=1S/C25H23Cl2N3S/c1-2-3-12-28-24(15-4-5-15)16-6-10-21-20(13-16)30-25(19-9-11-23(27)29-19)18-8-7-17(26)14-22(18)31-21/h6-11,13-14,28-29H,2-5,12H2,1H3. The fraction of sp³-hybridized carbons (Fsp3) is 0.240. The highest BCUT2D eigenvalue weighted by Gasteiger charge is 2.23. The fourth-order valence-electron chi connectivity index (χ4n) is 3.77. The number of H-pyrrole nitrogens is 1. The number of rotatable bonds is 6. The molecule has 1 aromatic heterocycles. The van der Waals surface area contributed by atoms with Gasteiger partial charge in [0.15, 0.2) is 0 Å². The van der Waals surface area contributed by atoms with E-state index in [0.717, 1.165) is 44.0 Å². The minimum absolute atomic E-state index is 0.597. The summed E-state index contributed by atoms with van der Waals surface area (Å²) >= 11 is 14.2. The number of aliphatic imine (C=N–C) groups is 1. The molecule has 158 valence electrons. The zero-order valence-corrected chi connectivity index (χ0v) is 19.6. The SMILES string of the molecule is CCCCNC(=C1CC1)c1ccc2c(c1)N=C(c1ccc(Cl)[nH]1)c1ccc(Cl)cc1S2. The van der Waals surface area contributed by atoms with Crippen LogP contribution in [-0.2, 0) is 0 Å². The fourth-order valence-corrected chi connectivity index (χ4v) is 5.21. The minimum Gasteiger partial charge on any atom is -0.385 e. The molecule has 1 fully saturated rings. The van der Waals surface area contributed by atoms with Gasteiger partial charge in [-0.3, -0.25) is 0 Å². The Labute approximate surface area is 197 Å². The summed E-state index contributed by atoms with van der Waals surface area (Å²) in [6.07, 6.45) is 4.71. The number of hydrogen-bond acceptors (Lipinski definition) is 3. The maximum atomic E-state index is 6.33. The van der Waals surface area contributed by atoms with E-state index >= 15 is 0 Å². The van der Waals surface area contributed by atoms with Crippen LogP contribution in [0.3, 0.4) is 0 Å². The number of fused-ring (bicyclic) bond motifs is 2. The van der Waals surface area contributed by atoms with Crippen molar-refractivity contribution in [2.75, 3.05) is 6.54 Å². The quantitative estimate of drug-likeness (QED) is 0.283. The summed E-state index contributed by atoms with van der Waals surface area (Å²) in [7, 11) is 0. The first-order chi connectivity index (χ1) is 15.1. The van der Waals surface area contributed by atoms with Crippen molar-refractivity contribution in [3.63, 3.8) is 0 Å². The van der Waals surface area contributed by atoms with Crippen LogP contribution in [0, 0.1) is 0 Å². The summed E-state index contributed by atoms with van der Waals surface area (Å²) in [6, 6.07) is 16.4. The largest absolute Gasteiger partial charge is 0.385 e. The monoisotopic (exact) mass is 467 g/mol. The molecule has 0 saturated heterocycles. The van der Waals surface area contributed by atoms with E-state index in [4.69, 9.17) is 28.2 Å². The third kappa shape index (κ3) is 4.43. The Hall–Kier alpha value is -2.14. The summed E-state index contributed by atoms with van der Waals surface area (Å²) in [4.78, 5) is 10.6. The molecule has 1 saturated carbocycles. The summed E-state index contributed by atoms with van der Waals surface area (Å²) in [5.41, 5.74) is 7.79. The molecule has 1 aliphatic carbocycles. The minimum atomic E-state index is 0.597. The maximum absolute atomic E-state index is 6.33. The van der Waals surface area contributed by atoms with Crippen LogP contribution in [0.5, 0.6) is 0 Å². The van der Waals surface area contributed by atoms with Gasteiger partial charge < -0.3 is 10.3 Å². The van der Waals surface area contributed by atoms with E-state index in [9.17, 15) is 0 Å². The van der Waals surface area contributed by atoms with Gasteiger partial charge in [-0.15, -0.1) is 0 Å². The zero-order valence-electron chi connectivity index (χ0n) is 17.3. The van der Waals surface area contributed by atoms with Crippen molar-refractivity contribution in [2.24, 2.45) is 4.99 Å². The summed E-state index contributed by atoms with van der Waals surface area (Å²) in [5.74, 6) is 0. The second-order valence-electron chi connectivity index (χ2n) is 7.86. The molecule has 3 aromatic rings. The van der Waals surface area contributed by atoms with Gasteiger partial charge >= 0.3 is 0 Å². The van der Waals surface area contributed by atoms with Crippen molar-refractivity contribution < 1.29 is 0 Å². The number of allylic oxidation sites excluding steroid dienone is 1. The maximum Gasteiger partial charge on any atom is 0.106 e. The van der Waals surface area contributed by atoms with Gasteiger partial charge in [-0.25, -0.2) is 4.99 Å². The average Bonchev–Trinajstić information content (AvgIpc) is 3.53. The van der Waals surface area contributed by atoms with E-state index in [1.54, 1.807) is 11.8 Å². The van der Waals surface area contributed by atoms with Crippen molar-refractivity contribution in [1.82, 2.24) is 10.3 Å².